The van der Waals surface area contributed by atoms with Gasteiger partial charge in [-0.2, -0.15) is 0 Å². The highest BCUT2D eigenvalue weighted by atomic mass is 79.9. The molecule has 4 aromatic carbocycles. The number of Topliss-reactive ketones (excluding diaryl/α,β-unsaturated/α-hetero) is 1. The van der Waals surface area contributed by atoms with Crippen LogP contribution >= 0.6 is 27.5 Å². The molecule has 2 aliphatic heterocycles. The van der Waals surface area contributed by atoms with Crippen LogP contribution in [0.15, 0.2) is 108 Å². The van der Waals surface area contributed by atoms with E-state index >= 15 is 0 Å². The topological polar surface area (TPSA) is 78.5 Å². The van der Waals surface area contributed by atoms with E-state index in [2.05, 4.69) is 26.6 Å². The number of likely N-dealkylation sites (tertiary alicyclic amines) is 1. The average Bonchev–Trinajstić information content (AvgIpc) is 3.47. The van der Waals surface area contributed by atoms with Crippen LogP contribution < -0.4 is 10.6 Å². The number of para-hydroxylation sites is 1. The molecule has 4 unspecified atom stereocenters. The Bertz CT molecular complexity index is 1660. The Labute approximate surface area is 258 Å². The molecule has 6 rings (SSSR count). The van der Waals surface area contributed by atoms with Crippen LogP contribution in [0.3, 0.4) is 0 Å². The fourth-order valence-electron chi connectivity index (χ4n) is 6.75. The molecule has 42 heavy (non-hydrogen) atoms. The van der Waals surface area contributed by atoms with Gasteiger partial charge in [-0.1, -0.05) is 102 Å². The number of hydrogen-bond acceptors (Lipinski definition) is 3. The van der Waals surface area contributed by atoms with Crippen LogP contribution in [0, 0.1) is 11.8 Å². The third-order valence-corrected chi connectivity index (χ3v) is 9.16. The highest BCUT2D eigenvalue weighted by Gasteiger charge is 2.70. The lowest BCUT2D eigenvalue weighted by Gasteiger charge is -2.40. The number of benzene rings is 4. The normalized spacial score (nSPS) is 22.7. The summed E-state index contributed by atoms with van der Waals surface area (Å²) in [7, 11) is 0. The van der Waals surface area contributed by atoms with E-state index in [1.807, 2.05) is 80.6 Å². The number of hydrogen-bond donors (Lipinski definition) is 2. The summed E-state index contributed by atoms with van der Waals surface area (Å²) < 4.78 is 0.874. The number of urea groups is 1. The average molecular weight is 643 g/mol. The van der Waals surface area contributed by atoms with Gasteiger partial charge >= 0.3 is 6.03 Å². The van der Waals surface area contributed by atoms with Crippen LogP contribution in [-0.4, -0.2) is 28.7 Å². The van der Waals surface area contributed by atoms with Crippen molar-refractivity contribution in [1.29, 1.82) is 0 Å². The van der Waals surface area contributed by atoms with Crippen LogP contribution in [0.1, 0.15) is 41.3 Å². The van der Waals surface area contributed by atoms with Gasteiger partial charge in [0, 0.05) is 44.0 Å². The van der Waals surface area contributed by atoms with E-state index < -0.39 is 35.4 Å². The predicted octanol–water partition coefficient (Wildman–Crippen LogP) is 8.11. The van der Waals surface area contributed by atoms with Crippen molar-refractivity contribution in [1.82, 2.24) is 4.90 Å². The van der Waals surface area contributed by atoms with Crippen LogP contribution in [0.2, 0.25) is 5.02 Å². The van der Waals surface area contributed by atoms with Crippen molar-refractivity contribution in [3.8, 4) is 0 Å². The molecule has 4 atom stereocenters. The summed E-state index contributed by atoms with van der Waals surface area (Å²) in [6, 6.07) is 30.0. The molecule has 0 aliphatic carbocycles. The number of amides is 3. The minimum absolute atomic E-state index is 0.118. The van der Waals surface area contributed by atoms with Gasteiger partial charge in [0.1, 0.15) is 0 Å². The lowest BCUT2D eigenvalue weighted by Crippen LogP contribution is -2.58. The molecule has 1 saturated heterocycles. The summed E-state index contributed by atoms with van der Waals surface area (Å²) >= 11 is 9.74. The molecule has 0 bridgehead atoms. The minimum atomic E-state index is -1.61. The highest BCUT2D eigenvalue weighted by Crippen LogP contribution is 2.60. The Kier molecular flexibility index (Phi) is 7.41. The van der Waals surface area contributed by atoms with Crippen molar-refractivity contribution < 1.29 is 14.4 Å². The summed E-state index contributed by atoms with van der Waals surface area (Å²) in [4.78, 5) is 45.5. The van der Waals surface area contributed by atoms with Crippen LogP contribution in [0.25, 0.3) is 0 Å². The van der Waals surface area contributed by atoms with Gasteiger partial charge in [0.05, 0.1) is 5.92 Å². The summed E-state index contributed by atoms with van der Waals surface area (Å²) in [6.45, 7) is 4.05. The fourth-order valence-corrected chi connectivity index (χ4v) is 7.14. The maximum Gasteiger partial charge on any atom is 0.323 e. The van der Waals surface area contributed by atoms with Crippen molar-refractivity contribution >= 4 is 56.6 Å². The standard InChI is InChI=1S/C34H29BrClN3O3/c1-20(2)30-28(21-12-16-24(36)17-13-21)29(31(40)22-8-4-3-5-9-22)34(26-10-6-7-11-27(26)38-32(34)41)39(30)33(42)37-25-18-14-23(35)15-19-25/h3-20,28-30H,1-2H3,(H,37,42)(H,38,41). The van der Waals surface area contributed by atoms with Gasteiger partial charge in [-0.15, -0.1) is 0 Å². The van der Waals surface area contributed by atoms with Gasteiger partial charge in [0.15, 0.2) is 11.3 Å². The first-order valence-corrected chi connectivity index (χ1v) is 15.0. The largest absolute Gasteiger partial charge is 0.323 e. The van der Waals surface area contributed by atoms with Crippen molar-refractivity contribution in [3.63, 3.8) is 0 Å². The van der Waals surface area contributed by atoms with Crippen LogP contribution in [0.5, 0.6) is 0 Å². The Morgan fingerprint density at radius 2 is 1.55 bits per heavy atom. The van der Waals surface area contributed by atoms with Gasteiger partial charge in [0.25, 0.3) is 5.91 Å². The Morgan fingerprint density at radius 3 is 2.21 bits per heavy atom. The predicted molar refractivity (Wildman–Crippen MR) is 169 cm³/mol. The lowest BCUT2D eigenvalue weighted by molar-refractivity contribution is -0.126. The molecule has 3 amide bonds. The van der Waals surface area contributed by atoms with Gasteiger partial charge in [-0.25, -0.2) is 4.79 Å². The molecule has 0 saturated carbocycles. The maximum absolute atomic E-state index is 14.8. The van der Waals surface area contributed by atoms with Crippen molar-refractivity contribution in [2.75, 3.05) is 10.6 Å². The molecule has 2 heterocycles. The fraction of sp³-hybridized carbons (Fsp3) is 0.206. The highest BCUT2D eigenvalue weighted by molar-refractivity contribution is 9.10. The molecule has 6 nitrogen and oxygen atoms in total. The Balaban J connectivity index is 1.64. The van der Waals surface area contributed by atoms with E-state index in [1.165, 1.54) is 0 Å². The van der Waals surface area contributed by atoms with Crippen LogP contribution in [-0.2, 0) is 10.3 Å². The molecular formula is C34H29BrClN3O3. The lowest BCUT2D eigenvalue weighted by atomic mass is 9.68. The Morgan fingerprint density at radius 1 is 0.905 bits per heavy atom. The second-order valence-corrected chi connectivity index (χ2v) is 12.4. The minimum Gasteiger partial charge on any atom is -0.323 e. The molecular weight excluding hydrogens is 614 g/mol. The van der Waals surface area contributed by atoms with E-state index in [-0.39, 0.29) is 11.7 Å². The summed E-state index contributed by atoms with van der Waals surface area (Å²) in [6.07, 6.45) is 0. The number of rotatable bonds is 5. The number of carbonyl (C=O) groups is 3. The number of ketones is 1. The third-order valence-electron chi connectivity index (χ3n) is 8.38. The van der Waals surface area contributed by atoms with Crippen molar-refractivity contribution in [2.45, 2.75) is 31.3 Å². The zero-order valence-electron chi connectivity index (χ0n) is 23.1. The van der Waals surface area contributed by atoms with Gasteiger partial charge in [-0.05, 0) is 53.9 Å². The van der Waals surface area contributed by atoms with Gasteiger partial charge in [-0.3, -0.25) is 9.59 Å². The van der Waals surface area contributed by atoms with E-state index in [4.69, 9.17) is 11.6 Å². The molecule has 0 radical (unpaired) electrons. The van der Waals surface area contributed by atoms with Crippen molar-refractivity contribution in [2.24, 2.45) is 11.8 Å². The quantitative estimate of drug-likeness (QED) is 0.216. The second-order valence-electron chi connectivity index (χ2n) is 11.1. The zero-order valence-corrected chi connectivity index (χ0v) is 25.4. The molecule has 8 heteroatoms. The van der Waals surface area contributed by atoms with Crippen LogP contribution in [0.4, 0.5) is 16.2 Å². The number of nitrogens with one attached hydrogen (secondary N) is 2. The van der Waals surface area contributed by atoms with E-state index in [0.717, 1.165) is 10.0 Å². The smallest absolute Gasteiger partial charge is 0.323 e. The summed E-state index contributed by atoms with van der Waals surface area (Å²) in [5, 5.41) is 6.62. The number of anilines is 2. The van der Waals surface area contributed by atoms with E-state index in [9.17, 15) is 14.4 Å². The molecule has 2 aliphatic rings. The monoisotopic (exact) mass is 641 g/mol. The number of carbonyl (C=O) groups excluding carboxylic acids is 3. The van der Waals surface area contributed by atoms with E-state index in [0.29, 0.717) is 27.5 Å². The Hall–Kier alpha value is -3.94. The molecule has 2 N–H and O–H groups in total. The third kappa shape index (κ3) is 4.52. The molecule has 212 valence electrons. The molecule has 1 spiro atoms. The zero-order chi connectivity index (χ0) is 29.6. The molecule has 0 aromatic heterocycles. The summed E-state index contributed by atoms with van der Waals surface area (Å²) in [5.74, 6) is -2.15. The SMILES string of the molecule is CC(C)C1C(c2ccc(Cl)cc2)C(C(=O)c2ccccc2)C2(C(=O)Nc3ccccc32)N1C(=O)Nc1ccc(Br)cc1. The van der Waals surface area contributed by atoms with E-state index in [1.54, 1.807) is 41.3 Å². The van der Waals surface area contributed by atoms with Gasteiger partial charge in [0.2, 0.25) is 0 Å². The first kappa shape index (κ1) is 28.2. The number of fused-ring (bicyclic) bond motifs is 2. The number of halogens is 2. The first-order valence-electron chi connectivity index (χ1n) is 13.8. The number of nitrogens with zero attached hydrogens (tertiary/aromatic N) is 1. The second kappa shape index (κ2) is 11.0. The maximum atomic E-state index is 14.8. The molecule has 1 fully saturated rings. The van der Waals surface area contributed by atoms with Crippen molar-refractivity contribution in [3.05, 3.63) is 129 Å². The van der Waals surface area contributed by atoms with Gasteiger partial charge < -0.3 is 15.5 Å². The summed E-state index contributed by atoms with van der Waals surface area (Å²) in [5.41, 5.74) is 1.49. The first-order chi connectivity index (χ1) is 20.2. The molecule has 4 aromatic rings.